The van der Waals surface area contributed by atoms with E-state index in [2.05, 4.69) is 10.6 Å². The molecule has 1 atom stereocenters. The number of aryl methyl sites for hydroxylation is 1. The van der Waals surface area contributed by atoms with E-state index in [4.69, 9.17) is 4.42 Å². The second kappa shape index (κ2) is 8.85. The average molecular weight is 362 g/mol. The Kier molecular flexibility index (Phi) is 6.05. The highest BCUT2D eigenvalue weighted by Gasteiger charge is 2.16. The first-order chi connectivity index (χ1) is 13.1. The Morgan fingerprint density at radius 3 is 2.44 bits per heavy atom. The zero-order chi connectivity index (χ0) is 19.1. The molecule has 0 aliphatic carbocycles. The lowest BCUT2D eigenvalue weighted by molar-refractivity contribution is -0.116. The van der Waals surface area contributed by atoms with Gasteiger partial charge in [0.25, 0.3) is 5.91 Å². The Bertz CT molecular complexity index is 889. The maximum Gasteiger partial charge on any atom is 0.253 e. The van der Waals surface area contributed by atoms with Crippen molar-refractivity contribution in [3.63, 3.8) is 0 Å². The van der Waals surface area contributed by atoms with Gasteiger partial charge in [0.05, 0.1) is 23.6 Å². The van der Waals surface area contributed by atoms with Gasteiger partial charge >= 0.3 is 0 Å². The minimum atomic E-state index is -0.228. The van der Waals surface area contributed by atoms with Crippen LogP contribution < -0.4 is 10.6 Å². The third kappa shape index (κ3) is 5.07. The van der Waals surface area contributed by atoms with Crippen LogP contribution in [0.2, 0.25) is 0 Å². The fourth-order valence-electron chi connectivity index (χ4n) is 2.79. The fraction of sp³-hybridized carbons (Fsp3) is 0.182. The highest BCUT2D eigenvalue weighted by molar-refractivity contribution is 6.03. The van der Waals surface area contributed by atoms with Crippen molar-refractivity contribution in [1.29, 1.82) is 0 Å². The second-order valence-corrected chi connectivity index (χ2v) is 6.28. The van der Waals surface area contributed by atoms with Crippen molar-refractivity contribution in [3.05, 3.63) is 89.9 Å². The molecule has 1 aromatic heterocycles. The van der Waals surface area contributed by atoms with Crippen molar-refractivity contribution in [2.24, 2.45) is 0 Å². The van der Waals surface area contributed by atoms with E-state index in [1.807, 2.05) is 43.3 Å². The molecule has 5 heteroatoms. The molecule has 3 rings (SSSR count). The molecule has 0 spiro atoms. The van der Waals surface area contributed by atoms with Gasteiger partial charge in [-0.25, -0.2) is 0 Å². The predicted octanol–water partition coefficient (Wildman–Crippen LogP) is 4.34. The van der Waals surface area contributed by atoms with Crippen molar-refractivity contribution < 1.29 is 14.0 Å². The van der Waals surface area contributed by atoms with Gasteiger partial charge in [-0.05, 0) is 36.8 Å². The summed E-state index contributed by atoms with van der Waals surface area (Å²) in [5.41, 5.74) is 1.96. The Labute approximate surface area is 158 Å². The number of carbonyl (C=O) groups is 2. The maximum absolute atomic E-state index is 12.7. The van der Waals surface area contributed by atoms with Crippen molar-refractivity contribution >= 4 is 17.5 Å². The van der Waals surface area contributed by atoms with Crippen LogP contribution in [-0.2, 0) is 11.2 Å². The van der Waals surface area contributed by atoms with Crippen LogP contribution in [0.5, 0.6) is 0 Å². The smallest absolute Gasteiger partial charge is 0.253 e. The molecule has 1 heterocycles. The van der Waals surface area contributed by atoms with Crippen LogP contribution in [0.25, 0.3) is 0 Å². The lowest BCUT2D eigenvalue weighted by Crippen LogP contribution is -2.28. The van der Waals surface area contributed by atoms with Gasteiger partial charge in [-0.1, -0.05) is 42.5 Å². The summed E-state index contributed by atoms with van der Waals surface area (Å²) in [5.74, 6) is 0.365. The number of carbonyl (C=O) groups excluding carboxylic acids is 2. The maximum atomic E-state index is 12.7. The van der Waals surface area contributed by atoms with Crippen molar-refractivity contribution in [2.75, 3.05) is 5.32 Å². The normalized spacial score (nSPS) is 11.6. The number of hydrogen-bond donors (Lipinski definition) is 2. The van der Waals surface area contributed by atoms with Crippen LogP contribution in [-0.4, -0.2) is 11.8 Å². The van der Waals surface area contributed by atoms with Crippen molar-refractivity contribution in [3.8, 4) is 0 Å². The lowest BCUT2D eigenvalue weighted by atomic mass is 10.1. The van der Waals surface area contributed by atoms with Crippen LogP contribution in [0.4, 0.5) is 5.69 Å². The molecule has 2 amide bonds. The van der Waals surface area contributed by atoms with Crippen LogP contribution in [0, 0.1) is 0 Å². The molecule has 0 saturated carbocycles. The van der Waals surface area contributed by atoms with E-state index in [1.165, 1.54) is 0 Å². The molecule has 0 aliphatic heterocycles. The summed E-state index contributed by atoms with van der Waals surface area (Å²) in [6.07, 6.45) is 2.38. The first-order valence-electron chi connectivity index (χ1n) is 8.90. The molecule has 2 N–H and O–H groups in total. The molecule has 0 aliphatic rings. The number of benzene rings is 2. The van der Waals surface area contributed by atoms with E-state index in [1.54, 1.807) is 36.6 Å². The third-order valence-electron chi connectivity index (χ3n) is 4.27. The zero-order valence-corrected chi connectivity index (χ0v) is 15.1. The first-order valence-corrected chi connectivity index (χ1v) is 8.90. The number of anilines is 1. The number of hydrogen-bond acceptors (Lipinski definition) is 3. The number of para-hydroxylation sites is 1. The summed E-state index contributed by atoms with van der Waals surface area (Å²) in [6, 6.07) is 20.2. The SMILES string of the molecule is C[C@@H](NC(=O)c1ccccc1NC(=O)CCc1ccco1)c1ccccc1. The largest absolute Gasteiger partial charge is 0.469 e. The topological polar surface area (TPSA) is 71.3 Å². The summed E-state index contributed by atoms with van der Waals surface area (Å²) in [4.78, 5) is 24.9. The van der Waals surface area contributed by atoms with Gasteiger partial charge in [0.2, 0.25) is 5.91 Å². The number of furan rings is 1. The molecule has 0 unspecified atom stereocenters. The molecule has 138 valence electrons. The minimum Gasteiger partial charge on any atom is -0.469 e. The number of nitrogens with one attached hydrogen (secondary N) is 2. The van der Waals surface area contributed by atoms with E-state index < -0.39 is 0 Å². The average Bonchev–Trinajstić information content (AvgIpc) is 3.21. The molecular weight excluding hydrogens is 340 g/mol. The van der Waals surface area contributed by atoms with E-state index in [0.717, 1.165) is 11.3 Å². The highest BCUT2D eigenvalue weighted by atomic mass is 16.3. The number of amides is 2. The van der Waals surface area contributed by atoms with Gasteiger partial charge < -0.3 is 15.1 Å². The molecule has 0 saturated heterocycles. The van der Waals surface area contributed by atoms with Gasteiger partial charge in [0.1, 0.15) is 5.76 Å². The van der Waals surface area contributed by atoms with Crippen molar-refractivity contribution in [2.45, 2.75) is 25.8 Å². The van der Waals surface area contributed by atoms with Gasteiger partial charge in [0, 0.05) is 12.8 Å². The monoisotopic (exact) mass is 362 g/mol. The Hall–Kier alpha value is -3.34. The Balaban J connectivity index is 1.64. The van der Waals surface area contributed by atoms with E-state index in [-0.39, 0.29) is 24.3 Å². The van der Waals surface area contributed by atoms with E-state index >= 15 is 0 Å². The van der Waals surface area contributed by atoms with Gasteiger partial charge in [0.15, 0.2) is 0 Å². The Morgan fingerprint density at radius 2 is 1.70 bits per heavy atom. The first kappa shape index (κ1) is 18.5. The molecule has 3 aromatic rings. The second-order valence-electron chi connectivity index (χ2n) is 6.28. The van der Waals surface area contributed by atoms with E-state index in [0.29, 0.717) is 17.7 Å². The van der Waals surface area contributed by atoms with Crippen molar-refractivity contribution in [1.82, 2.24) is 5.32 Å². The Morgan fingerprint density at radius 1 is 0.963 bits per heavy atom. The number of rotatable bonds is 7. The predicted molar refractivity (Wildman–Crippen MR) is 104 cm³/mol. The summed E-state index contributed by atoms with van der Waals surface area (Å²) in [5, 5.41) is 5.80. The summed E-state index contributed by atoms with van der Waals surface area (Å²) < 4.78 is 5.24. The van der Waals surface area contributed by atoms with Gasteiger partial charge in [-0.15, -0.1) is 0 Å². The van der Waals surface area contributed by atoms with Gasteiger partial charge in [-0.2, -0.15) is 0 Å². The quantitative estimate of drug-likeness (QED) is 0.657. The standard InChI is InChI=1S/C22H22N2O3/c1-16(17-8-3-2-4-9-17)23-22(26)19-11-5-6-12-20(19)24-21(25)14-13-18-10-7-15-27-18/h2-12,15-16H,13-14H2,1H3,(H,23,26)(H,24,25)/t16-/m1/s1. The van der Waals surface area contributed by atoms with Crippen LogP contribution in [0.1, 0.15) is 41.1 Å². The minimum absolute atomic E-state index is 0.138. The molecule has 0 radical (unpaired) electrons. The lowest BCUT2D eigenvalue weighted by Gasteiger charge is -2.16. The van der Waals surface area contributed by atoms with E-state index in [9.17, 15) is 9.59 Å². The summed E-state index contributed by atoms with van der Waals surface area (Å²) >= 11 is 0. The van der Waals surface area contributed by atoms with Crippen LogP contribution >= 0.6 is 0 Å². The molecule has 2 aromatic carbocycles. The molecule has 5 nitrogen and oxygen atoms in total. The zero-order valence-electron chi connectivity index (χ0n) is 15.1. The molecule has 27 heavy (non-hydrogen) atoms. The van der Waals surface area contributed by atoms with Crippen LogP contribution in [0.3, 0.4) is 0 Å². The van der Waals surface area contributed by atoms with Gasteiger partial charge in [-0.3, -0.25) is 9.59 Å². The fourth-order valence-corrected chi connectivity index (χ4v) is 2.79. The summed E-state index contributed by atoms with van der Waals surface area (Å²) in [6.45, 7) is 1.93. The summed E-state index contributed by atoms with van der Waals surface area (Å²) in [7, 11) is 0. The third-order valence-corrected chi connectivity index (χ3v) is 4.27. The molecule has 0 bridgehead atoms. The van der Waals surface area contributed by atoms with Crippen LogP contribution in [0.15, 0.2) is 77.4 Å². The highest BCUT2D eigenvalue weighted by Crippen LogP contribution is 2.18. The molecular formula is C22H22N2O3. The molecule has 0 fully saturated rings.